The molecule has 2 rings (SSSR count). The summed E-state index contributed by atoms with van der Waals surface area (Å²) in [4.78, 5) is 4.11. The van der Waals surface area contributed by atoms with Gasteiger partial charge in [0.2, 0.25) is 0 Å². The van der Waals surface area contributed by atoms with E-state index in [-0.39, 0.29) is 6.04 Å². The van der Waals surface area contributed by atoms with E-state index in [9.17, 15) is 0 Å². The summed E-state index contributed by atoms with van der Waals surface area (Å²) in [6.07, 6.45) is 3.67. The molecule has 0 saturated heterocycles. The molecular weight excluding hydrogens is 224 g/mol. The van der Waals surface area contributed by atoms with Crippen molar-refractivity contribution >= 4 is 0 Å². The standard InChI is InChI=1S/C15H18N2O/c1-13(14-6-5-9-16-12-14)17-10-11-18-15-7-3-2-4-8-15/h2-9,12-13,17H,10-11H2,1H3/t13-/m1/s1. The summed E-state index contributed by atoms with van der Waals surface area (Å²) in [6.45, 7) is 3.60. The molecule has 3 heteroatoms. The zero-order valence-corrected chi connectivity index (χ0v) is 10.5. The third-order valence-corrected chi connectivity index (χ3v) is 2.75. The minimum atomic E-state index is 0.290. The lowest BCUT2D eigenvalue weighted by Gasteiger charge is -2.14. The lowest BCUT2D eigenvalue weighted by molar-refractivity contribution is 0.307. The first kappa shape index (κ1) is 12.6. The van der Waals surface area contributed by atoms with Crippen LogP contribution < -0.4 is 10.1 Å². The third-order valence-electron chi connectivity index (χ3n) is 2.75. The van der Waals surface area contributed by atoms with Crippen molar-refractivity contribution in [1.82, 2.24) is 10.3 Å². The number of ether oxygens (including phenoxy) is 1. The maximum absolute atomic E-state index is 5.61. The number of para-hydroxylation sites is 1. The van der Waals surface area contributed by atoms with Gasteiger partial charge in [-0.2, -0.15) is 0 Å². The van der Waals surface area contributed by atoms with Crippen LogP contribution >= 0.6 is 0 Å². The zero-order valence-electron chi connectivity index (χ0n) is 10.5. The first-order valence-electron chi connectivity index (χ1n) is 6.17. The van der Waals surface area contributed by atoms with Crippen LogP contribution in [0.25, 0.3) is 0 Å². The molecule has 0 bridgehead atoms. The Morgan fingerprint density at radius 2 is 2.00 bits per heavy atom. The van der Waals surface area contributed by atoms with Crippen molar-refractivity contribution in [1.29, 1.82) is 0 Å². The third kappa shape index (κ3) is 3.86. The molecule has 0 radical (unpaired) electrons. The SMILES string of the molecule is C[C@@H](NCCOc1ccccc1)c1cccnc1. The van der Waals surface area contributed by atoms with Crippen LogP contribution in [0.4, 0.5) is 0 Å². The highest BCUT2D eigenvalue weighted by Gasteiger charge is 2.03. The van der Waals surface area contributed by atoms with Crippen LogP contribution in [0.5, 0.6) is 5.75 Å². The van der Waals surface area contributed by atoms with Crippen molar-refractivity contribution in [2.75, 3.05) is 13.2 Å². The van der Waals surface area contributed by atoms with E-state index < -0.39 is 0 Å². The second-order valence-electron chi connectivity index (χ2n) is 4.12. The normalized spacial score (nSPS) is 12.1. The minimum Gasteiger partial charge on any atom is -0.492 e. The maximum Gasteiger partial charge on any atom is 0.119 e. The van der Waals surface area contributed by atoms with Crippen molar-refractivity contribution in [2.45, 2.75) is 13.0 Å². The van der Waals surface area contributed by atoms with Gasteiger partial charge >= 0.3 is 0 Å². The molecule has 0 unspecified atom stereocenters. The van der Waals surface area contributed by atoms with Gasteiger partial charge in [0, 0.05) is 25.0 Å². The Hall–Kier alpha value is -1.87. The van der Waals surface area contributed by atoms with Crippen LogP contribution in [0.2, 0.25) is 0 Å². The van der Waals surface area contributed by atoms with Gasteiger partial charge in [-0.15, -0.1) is 0 Å². The summed E-state index contributed by atoms with van der Waals surface area (Å²) in [5.74, 6) is 0.910. The molecule has 1 N–H and O–H groups in total. The predicted octanol–water partition coefficient (Wildman–Crippen LogP) is 2.81. The van der Waals surface area contributed by atoms with E-state index in [1.165, 1.54) is 5.56 Å². The number of hydrogen-bond donors (Lipinski definition) is 1. The fourth-order valence-corrected chi connectivity index (χ4v) is 1.71. The lowest BCUT2D eigenvalue weighted by atomic mass is 10.1. The van der Waals surface area contributed by atoms with Crippen LogP contribution in [0.3, 0.4) is 0 Å². The second kappa shape index (κ2) is 6.77. The van der Waals surface area contributed by atoms with E-state index in [4.69, 9.17) is 4.74 Å². The monoisotopic (exact) mass is 242 g/mol. The molecule has 3 nitrogen and oxygen atoms in total. The highest BCUT2D eigenvalue weighted by molar-refractivity contribution is 5.20. The molecule has 0 fully saturated rings. The van der Waals surface area contributed by atoms with Crippen molar-refractivity contribution in [3.63, 3.8) is 0 Å². The molecule has 18 heavy (non-hydrogen) atoms. The number of nitrogens with zero attached hydrogens (tertiary/aromatic N) is 1. The van der Waals surface area contributed by atoms with E-state index in [1.807, 2.05) is 42.6 Å². The Kier molecular flexibility index (Phi) is 4.73. The first-order valence-corrected chi connectivity index (χ1v) is 6.17. The van der Waals surface area contributed by atoms with E-state index in [0.717, 1.165) is 12.3 Å². The molecule has 1 heterocycles. The maximum atomic E-state index is 5.61. The number of rotatable bonds is 6. The van der Waals surface area contributed by atoms with Crippen LogP contribution in [-0.4, -0.2) is 18.1 Å². The molecule has 94 valence electrons. The van der Waals surface area contributed by atoms with Gasteiger partial charge in [0.1, 0.15) is 12.4 Å². The highest BCUT2D eigenvalue weighted by atomic mass is 16.5. The van der Waals surface area contributed by atoms with E-state index in [2.05, 4.69) is 23.3 Å². The number of benzene rings is 1. The Morgan fingerprint density at radius 1 is 1.17 bits per heavy atom. The van der Waals surface area contributed by atoms with Crippen molar-refractivity contribution in [3.8, 4) is 5.75 Å². The van der Waals surface area contributed by atoms with Gasteiger partial charge in [0.05, 0.1) is 0 Å². The Labute approximate surface area is 108 Å². The molecule has 0 aliphatic heterocycles. The van der Waals surface area contributed by atoms with Crippen LogP contribution in [0, 0.1) is 0 Å². The summed E-state index contributed by atoms with van der Waals surface area (Å²) < 4.78 is 5.61. The Bertz CT molecular complexity index is 445. The lowest BCUT2D eigenvalue weighted by Crippen LogP contribution is -2.24. The average Bonchev–Trinajstić information content (AvgIpc) is 2.45. The van der Waals surface area contributed by atoms with Gasteiger partial charge in [-0.25, -0.2) is 0 Å². The summed E-state index contributed by atoms with van der Waals surface area (Å²) in [7, 11) is 0. The average molecular weight is 242 g/mol. The Balaban J connectivity index is 1.70. The molecule has 0 saturated carbocycles. The van der Waals surface area contributed by atoms with E-state index >= 15 is 0 Å². The van der Waals surface area contributed by atoms with Crippen molar-refractivity contribution in [3.05, 3.63) is 60.4 Å². The summed E-state index contributed by atoms with van der Waals surface area (Å²) in [6, 6.07) is 14.2. The number of hydrogen-bond acceptors (Lipinski definition) is 3. The molecule has 0 spiro atoms. The van der Waals surface area contributed by atoms with Crippen LogP contribution in [-0.2, 0) is 0 Å². The molecule has 0 amide bonds. The smallest absolute Gasteiger partial charge is 0.119 e. The number of aromatic nitrogens is 1. The molecule has 0 aliphatic rings. The van der Waals surface area contributed by atoms with Gasteiger partial charge < -0.3 is 10.1 Å². The first-order chi connectivity index (χ1) is 8.86. The van der Waals surface area contributed by atoms with E-state index in [0.29, 0.717) is 6.61 Å². The van der Waals surface area contributed by atoms with Gasteiger partial charge in [-0.05, 0) is 30.7 Å². The zero-order chi connectivity index (χ0) is 12.6. The van der Waals surface area contributed by atoms with Crippen molar-refractivity contribution in [2.24, 2.45) is 0 Å². The van der Waals surface area contributed by atoms with Gasteiger partial charge in [-0.3, -0.25) is 4.98 Å². The highest BCUT2D eigenvalue weighted by Crippen LogP contribution is 2.10. The molecule has 1 aromatic carbocycles. The quantitative estimate of drug-likeness (QED) is 0.791. The number of pyridine rings is 1. The second-order valence-corrected chi connectivity index (χ2v) is 4.12. The number of nitrogens with one attached hydrogen (secondary N) is 1. The molecule has 0 aliphatic carbocycles. The van der Waals surface area contributed by atoms with Gasteiger partial charge in [0.25, 0.3) is 0 Å². The Morgan fingerprint density at radius 3 is 2.72 bits per heavy atom. The fraction of sp³-hybridized carbons (Fsp3) is 0.267. The van der Waals surface area contributed by atoms with E-state index in [1.54, 1.807) is 6.20 Å². The predicted molar refractivity (Wildman–Crippen MR) is 72.6 cm³/mol. The summed E-state index contributed by atoms with van der Waals surface area (Å²) in [5.41, 5.74) is 1.19. The van der Waals surface area contributed by atoms with Gasteiger partial charge in [-0.1, -0.05) is 24.3 Å². The summed E-state index contributed by atoms with van der Waals surface area (Å²) >= 11 is 0. The van der Waals surface area contributed by atoms with Crippen LogP contribution in [0.15, 0.2) is 54.9 Å². The molecule has 2 aromatic rings. The minimum absolute atomic E-state index is 0.290. The summed E-state index contributed by atoms with van der Waals surface area (Å²) in [5, 5.41) is 3.40. The van der Waals surface area contributed by atoms with Crippen molar-refractivity contribution < 1.29 is 4.74 Å². The topological polar surface area (TPSA) is 34.1 Å². The molecular formula is C15H18N2O. The van der Waals surface area contributed by atoms with Crippen LogP contribution in [0.1, 0.15) is 18.5 Å². The molecule has 1 aromatic heterocycles. The fourth-order valence-electron chi connectivity index (χ4n) is 1.71. The molecule has 1 atom stereocenters. The van der Waals surface area contributed by atoms with Gasteiger partial charge in [0.15, 0.2) is 0 Å². The largest absolute Gasteiger partial charge is 0.492 e.